The number of hydrogen-bond donors (Lipinski definition) is 1. The lowest BCUT2D eigenvalue weighted by atomic mass is 9.83. The molecule has 116 valence electrons. The minimum absolute atomic E-state index is 0.00476. The van der Waals surface area contributed by atoms with Gasteiger partial charge in [-0.1, -0.05) is 44.4 Å². The van der Waals surface area contributed by atoms with Crippen LogP contribution in [0.3, 0.4) is 0 Å². The van der Waals surface area contributed by atoms with E-state index in [9.17, 15) is 0 Å². The van der Waals surface area contributed by atoms with Gasteiger partial charge in [0, 0.05) is 17.9 Å². The van der Waals surface area contributed by atoms with E-state index in [1.807, 2.05) is 4.52 Å². The van der Waals surface area contributed by atoms with Gasteiger partial charge in [0.15, 0.2) is 5.82 Å². The third kappa shape index (κ3) is 2.48. The zero-order valence-corrected chi connectivity index (χ0v) is 13.8. The van der Waals surface area contributed by atoms with Crippen molar-refractivity contribution in [1.82, 2.24) is 19.8 Å². The molecule has 2 N–H and O–H groups in total. The van der Waals surface area contributed by atoms with Gasteiger partial charge in [-0.05, 0) is 25.7 Å². The molecule has 2 aromatic heterocycles. The molecule has 0 aliphatic heterocycles. The van der Waals surface area contributed by atoms with Crippen LogP contribution in [-0.4, -0.2) is 26.4 Å². The van der Waals surface area contributed by atoms with Crippen molar-refractivity contribution in [3.63, 3.8) is 0 Å². The Hall–Kier alpha value is -1.01. The van der Waals surface area contributed by atoms with Gasteiger partial charge in [-0.15, -0.1) is 10.2 Å². The Morgan fingerprint density at radius 1 is 1.19 bits per heavy atom. The molecule has 3 rings (SSSR count). The first-order valence-electron chi connectivity index (χ1n) is 8.16. The molecule has 0 amide bonds. The molecule has 0 spiro atoms. The normalized spacial score (nSPS) is 17.7. The van der Waals surface area contributed by atoms with Gasteiger partial charge >= 0.3 is 0 Å². The average molecular weight is 307 g/mol. The molecule has 1 fully saturated rings. The Kier molecular flexibility index (Phi) is 4.26. The van der Waals surface area contributed by atoms with E-state index in [1.54, 1.807) is 11.3 Å². The lowest BCUT2D eigenvalue weighted by Crippen LogP contribution is -2.33. The number of nitrogens with two attached hydrogens (primary N) is 1. The molecular weight excluding hydrogens is 282 g/mol. The van der Waals surface area contributed by atoms with Crippen molar-refractivity contribution in [3.05, 3.63) is 10.8 Å². The van der Waals surface area contributed by atoms with Crippen molar-refractivity contribution in [1.29, 1.82) is 0 Å². The van der Waals surface area contributed by atoms with E-state index in [0.29, 0.717) is 12.5 Å². The third-order valence-corrected chi connectivity index (χ3v) is 6.33. The Bertz CT molecular complexity index is 584. The summed E-state index contributed by atoms with van der Waals surface area (Å²) in [6.07, 6.45) is 8.42. The van der Waals surface area contributed by atoms with Crippen molar-refractivity contribution in [2.45, 2.75) is 70.1 Å². The average Bonchev–Trinajstić information content (AvgIpc) is 3.11. The maximum Gasteiger partial charge on any atom is 0.234 e. The van der Waals surface area contributed by atoms with E-state index in [1.165, 1.54) is 32.1 Å². The van der Waals surface area contributed by atoms with Crippen LogP contribution in [-0.2, 0) is 5.41 Å². The highest BCUT2D eigenvalue weighted by Gasteiger charge is 2.32. The van der Waals surface area contributed by atoms with Crippen LogP contribution in [0.25, 0.3) is 4.96 Å². The smallest absolute Gasteiger partial charge is 0.234 e. The number of fused-ring (bicyclic) bond motifs is 1. The molecule has 21 heavy (non-hydrogen) atoms. The molecule has 5 nitrogen and oxygen atoms in total. The summed E-state index contributed by atoms with van der Waals surface area (Å²) >= 11 is 1.66. The summed E-state index contributed by atoms with van der Waals surface area (Å²) in [5.74, 6) is 1.59. The van der Waals surface area contributed by atoms with Crippen molar-refractivity contribution in [2.24, 2.45) is 5.73 Å². The number of hydrogen-bond acceptors (Lipinski definition) is 5. The fourth-order valence-corrected chi connectivity index (χ4v) is 4.58. The summed E-state index contributed by atoms with van der Waals surface area (Å²) in [5, 5.41) is 14.8. The summed E-state index contributed by atoms with van der Waals surface area (Å²) in [6.45, 7) is 5.03. The SMILES string of the molecule is CCC(CC)(CN)c1nn2c(C3CCCCC3)nnc2s1. The predicted molar refractivity (Wildman–Crippen MR) is 85.8 cm³/mol. The highest BCUT2D eigenvalue weighted by molar-refractivity contribution is 7.16. The molecule has 0 unspecified atom stereocenters. The van der Waals surface area contributed by atoms with E-state index < -0.39 is 0 Å². The topological polar surface area (TPSA) is 69.1 Å². The lowest BCUT2D eigenvalue weighted by Gasteiger charge is -2.26. The van der Waals surface area contributed by atoms with Gasteiger partial charge in [0.05, 0.1) is 0 Å². The van der Waals surface area contributed by atoms with Gasteiger partial charge in [-0.3, -0.25) is 0 Å². The highest BCUT2D eigenvalue weighted by Crippen LogP contribution is 2.36. The molecule has 0 aromatic carbocycles. The second-order valence-corrected chi connectivity index (χ2v) is 7.14. The summed E-state index contributed by atoms with van der Waals surface area (Å²) in [6, 6.07) is 0. The molecular formula is C15H25N5S. The summed E-state index contributed by atoms with van der Waals surface area (Å²) in [7, 11) is 0. The van der Waals surface area contributed by atoms with Crippen molar-refractivity contribution in [3.8, 4) is 0 Å². The number of nitrogens with zero attached hydrogens (tertiary/aromatic N) is 4. The molecule has 2 aromatic rings. The molecule has 1 saturated carbocycles. The van der Waals surface area contributed by atoms with Crippen LogP contribution in [0.5, 0.6) is 0 Å². The molecule has 6 heteroatoms. The predicted octanol–water partition coefficient (Wildman–Crippen LogP) is 3.25. The van der Waals surface area contributed by atoms with Crippen molar-refractivity contribution >= 4 is 16.3 Å². The van der Waals surface area contributed by atoms with Crippen LogP contribution >= 0.6 is 11.3 Å². The molecule has 0 radical (unpaired) electrons. The Labute approximate surface area is 129 Å². The van der Waals surface area contributed by atoms with Crippen molar-refractivity contribution < 1.29 is 0 Å². The standard InChI is InChI=1S/C15H25N5S/c1-3-15(4-2,10-16)13-19-20-12(17-18-14(20)21-13)11-8-6-5-7-9-11/h11H,3-10,16H2,1-2H3. The van der Waals surface area contributed by atoms with Gasteiger partial charge in [0.25, 0.3) is 0 Å². The first-order chi connectivity index (χ1) is 10.2. The van der Waals surface area contributed by atoms with Gasteiger partial charge < -0.3 is 5.73 Å². The minimum Gasteiger partial charge on any atom is -0.329 e. The molecule has 2 heterocycles. The second-order valence-electron chi connectivity index (χ2n) is 6.19. The number of rotatable bonds is 5. The largest absolute Gasteiger partial charge is 0.329 e. The maximum atomic E-state index is 6.05. The summed E-state index contributed by atoms with van der Waals surface area (Å²) in [4.78, 5) is 0.922. The number of aromatic nitrogens is 4. The minimum atomic E-state index is -0.00476. The Balaban J connectivity index is 1.99. The fraction of sp³-hybridized carbons (Fsp3) is 0.800. The fourth-order valence-electron chi connectivity index (χ4n) is 3.39. The van der Waals surface area contributed by atoms with E-state index in [0.717, 1.165) is 28.6 Å². The van der Waals surface area contributed by atoms with Gasteiger partial charge in [0.2, 0.25) is 4.96 Å². The highest BCUT2D eigenvalue weighted by atomic mass is 32.1. The van der Waals surface area contributed by atoms with Crippen LogP contribution < -0.4 is 5.73 Å². The van der Waals surface area contributed by atoms with Gasteiger partial charge in [-0.25, -0.2) is 0 Å². The maximum absolute atomic E-state index is 6.05. The molecule has 0 saturated heterocycles. The summed E-state index contributed by atoms with van der Waals surface area (Å²) in [5.41, 5.74) is 6.05. The van der Waals surface area contributed by atoms with E-state index in [2.05, 4.69) is 24.0 Å². The van der Waals surface area contributed by atoms with E-state index >= 15 is 0 Å². The van der Waals surface area contributed by atoms with E-state index in [-0.39, 0.29) is 5.41 Å². The van der Waals surface area contributed by atoms with E-state index in [4.69, 9.17) is 10.8 Å². The second kappa shape index (κ2) is 6.01. The van der Waals surface area contributed by atoms with Crippen LogP contribution in [0.15, 0.2) is 0 Å². The zero-order chi connectivity index (χ0) is 14.9. The van der Waals surface area contributed by atoms with Gasteiger partial charge in [0.1, 0.15) is 5.01 Å². The first kappa shape index (κ1) is 14.9. The van der Waals surface area contributed by atoms with Crippen LogP contribution in [0.4, 0.5) is 0 Å². The Morgan fingerprint density at radius 3 is 2.52 bits per heavy atom. The van der Waals surface area contributed by atoms with Crippen LogP contribution in [0.1, 0.15) is 75.5 Å². The summed E-state index contributed by atoms with van der Waals surface area (Å²) < 4.78 is 1.99. The first-order valence-corrected chi connectivity index (χ1v) is 8.98. The van der Waals surface area contributed by atoms with Gasteiger partial charge in [-0.2, -0.15) is 9.61 Å². The third-order valence-electron chi connectivity index (χ3n) is 5.18. The molecule has 1 aliphatic rings. The quantitative estimate of drug-likeness (QED) is 0.920. The van der Waals surface area contributed by atoms with Crippen molar-refractivity contribution in [2.75, 3.05) is 6.54 Å². The van der Waals surface area contributed by atoms with Crippen LogP contribution in [0, 0.1) is 0 Å². The monoisotopic (exact) mass is 307 g/mol. The molecule has 0 atom stereocenters. The molecule has 0 bridgehead atoms. The lowest BCUT2D eigenvalue weighted by molar-refractivity contribution is 0.395. The Morgan fingerprint density at radius 2 is 1.90 bits per heavy atom. The molecule has 1 aliphatic carbocycles. The van der Waals surface area contributed by atoms with Crippen LogP contribution in [0.2, 0.25) is 0 Å². The zero-order valence-electron chi connectivity index (χ0n) is 13.0.